The molecule has 184 valence electrons. The number of ether oxygens (including phenoxy) is 1. The van der Waals surface area contributed by atoms with E-state index in [0.29, 0.717) is 22.3 Å². The van der Waals surface area contributed by atoms with Crippen molar-refractivity contribution in [1.29, 1.82) is 0 Å². The molecule has 3 aromatic rings. The van der Waals surface area contributed by atoms with E-state index >= 15 is 0 Å². The molecule has 1 fully saturated rings. The number of urea groups is 1. The van der Waals surface area contributed by atoms with Crippen LogP contribution in [-0.2, 0) is 22.4 Å². The van der Waals surface area contributed by atoms with Crippen molar-refractivity contribution in [3.05, 3.63) is 99.6 Å². The number of nitrogens with zero attached hydrogens (tertiary/aromatic N) is 1. The number of carbonyl (C=O) groups is 3. The second-order valence-corrected chi connectivity index (χ2v) is 8.34. The van der Waals surface area contributed by atoms with Gasteiger partial charge >= 0.3 is 12.2 Å². The molecule has 4 rings (SSSR count). The van der Waals surface area contributed by atoms with Crippen molar-refractivity contribution in [3.8, 4) is 5.75 Å². The van der Waals surface area contributed by atoms with Crippen LogP contribution in [0.5, 0.6) is 5.75 Å². The van der Waals surface area contributed by atoms with Crippen LogP contribution >= 0.6 is 11.6 Å². The van der Waals surface area contributed by atoms with Crippen LogP contribution in [0.1, 0.15) is 22.3 Å². The Hall–Kier alpha value is -4.11. The number of hydrogen-bond donors (Lipinski definition) is 1. The third-order valence-corrected chi connectivity index (χ3v) is 5.63. The molecule has 0 unspecified atom stereocenters. The summed E-state index contributed by atoms with van der Waals surface area (Å²) in [6, 6.07) is 15.3. The zero-order valence-electron chi connectivity index (χ0n) is 18.7. The summed E-state index contributed by atoms with van der Waals surface area (Å²) in [6.45, 7) is 2.16. The lowest BCUT2D eigenvalue weighted by molar-refractivity contribution is -0.137. The van der Waals surface area contributed by atoms with Crippen LogP contribution in [0, 0.1) is 6.92 Å². The first-order chi connectivity index (χ1) is 17.0. The van der Waals surface area contributed by atoms with Crippen LogP contribution in [0.2, 0.25) is 5.02 Å². The second kappa shape index (κ2) is 9.87. The lowest BCUT2D eigenvalue weighted by atomic mass is 10.1. The number of anilines is 1. The van der Waals surface area contributed by atoms with E-state index in [1.165, 1.54) is 6.08 Å². The second-order valence-electron chi connectivity index (χ2n) is 7.94. The van der Waals surface area contributed by atoms with Gasteiger partial charge in [0.1, 0.15) is 17.9 Å². The first-order valence-electron chi connectivity index (χ1n) is 10.6. The molecule has 1 saturated heterocycles. The van der Waals surface area contributed by atoms with E-state index in [9.17, 15) is 27.6 Å². The van der Waals surface area contributed by atoms with Crippen LogP contribution < -0.4 is 15.0 Å². The molecule has 0 bridgehead atoms. The number of halogens is 4. The highest BCUT2D eigenvalue weighted by Gasteiger charge is 2.39. The summed E-state index contributed by atoms with van der Waals surface area (Å²) in [7, 11) is 0. The minimum absolute atomic E-state index is 0.215. The molecule has 36 heavy (non-hydrogen) atoms. The summed E-state index contributed by atoms with van der Waals surface area (Å²) in [5, 5.41) is 1.70. The van der Waals surface area contributed by atoms with E-state index in [0.717, 1.165) is 23.3 Å². The van der Waals surface area contributed by atoms with Crippen LogP contribution in [0.15, 0.2) is 72.3 Å². The Morgan fingerprint density at radius 1 is 1.00 bits per heavy atom. The third kappa shape index (κ3) is 5.26. The lowest BCUT2D eigenvalue weighted by Crippen LogP contribution is -2.54. The number of imide groups is 2. The summed E-state index contributed by atoms with van der Waals surface area (Å²) < 4.78 is 45.5. The fourth-order valence-electron chi connectivity index (χ4n) is 3.59. The van der Waals surface area contributed by atoms with Gasteiger partial charge in [-0.15, -0.1) is 0 Å². The van der Waals surface area contributed by atoms with Crippen LogP contribution in [-0.4, -0.2) is 17.8 Å². The standard InChI is InChI=1S/C26H18ClF3N2O4/c1-15-5-4-6-16(11-15)14-36-22-8-3-2-7-17(22)12-19-23(33)31-25(35)32(24(19)34)21-13-18(26(28,29)30)9-10-20(21)27/h2-13H,14H2,1H3,(H,31,33,35)/b19-12-. The van der Waals surface area contributed by atoms with Gasteiger partial charge in [0.05, 0.1) is 16.3 Å². The number of barbiturate groups is 1. The summed E-state index contributed by atoms with van der Waals surface area (Å²) in [6.07, 6.45) is -3.53. The van der Waals surface area contributed by atoms with Crippen molar-refractivity contribution < 1.29 is 32.3 Å². The van der Waals surface area contributed by atoms with Crippen molar-refractivity contribution in [2.24, 2.45) is 0 Å². The maximum absolute atomic E-state index is 13.2. The first-order valence-corrected chi connectivity index (χ1v) is 11.0. The van der Waals surface area contributed by atoms with Crippen molar-refractivity contribution in [1.82, 2.24) is 5.32 Å². The summed E-state index contributed by atoms with van der Waals surface area (Å²) in [4.78, 5) is 38.6. The highest BCUT2D eigenvalue weighted by atomic mass is 35.5. The molecule has 1 heterocycles. The number of alkyl halides is 3. The van der Waals surface area contributed by atoms with Gasteiger partial charge in [-0.25, -0.2) is 9.69 Å². The minimum Gasteiger partial charge on any atom is -0.488 e. The van der Waals surface area contributed by atoms with Crippen LogP contribution in [0.4, 0.5) is 23.7 Å². The molecule has 10 heteroatoms. The Balaban J connectivity index is 1.68. The molecular weight excluding hydrogens is 497 g/mol. The number of para-hydroxylation sites is 1. The van der Waals surface area contributed by atoms with Crippen LogP contribution in [0.3, 0.4) is 0 Å². The maximum atomic E-state index is 13.2. The van der Waals surface area contributed by atoms with Gasteiger partial charge < -0.3 is 4.74 Å². The molecule has 3 aromatic carbocycles. The molecule has 1 N–H and O–H groups in total. The molecular formula is C26H18ClF3N2O4. The topological polar surface area (TPSA) is 75.7 Å². The summed E-state index contributed by atoms with van der Waals surface area (Å²) >= 11 is 6.02. The van der Waals surface area contributed by atoms with Crippen LogP contribution in [0.25, 0.3) is 6.08 Å². The van der Waals surface area contributed by atoms with Gasteiger partial charge in [0.2, 0.25) is 0 Å². The van der Waals surface area contributed by atoms with E-state index < -0.39 is 40.8 Å². The molecule has 0 spiro atoms. The lowest BCUT2D eigenvalue weighted by Gasteiger charge is -2.27. The zero-order chi connectivity index (χ0) is 26.0. The average molecular weight is 515 g/mol. The fraction of sp³-hybridized carbons (Fsp3) is 0.115. The molecule has 1 aliphatic heterocycles. The molecule has 0 atom stereocenters. The number of rotatable bonds is 5. The maximum Gasteiger partial charge on any atom is 0.416 e. The SMILES string of the molecule is Cc1cccc(COc2ccccc2/C=C2/C(=O)NC(=O)N(c3cc(C(F)(F)F)ccc3Cl)C2=O)c1. The van der Waals surface area contributed by atoms with E-state index in [-0.39, 0.29) is 11.6 Å². The molecule has 0 aromatic heterocycles. The van der Waals surface area contributed by atoms with E-state index in [1.807, 2.05) is 36.5 Å². The number of amides is 4. The van der Waals surface area contributed by atoms with E-state index in [4.69, 9.17) is 16.3 Å². The van der Waals surface area contributed by atoms with Gasteiger partial charge in [-0.2, -0.15) is 13.2 Å². The smallest absolute Gasteiger partial charge is 0.416 e. The largest absolute Gasteiger partial charge is 0.488 e. The fourth-order valence-corrected chi connectivity index (χ4v) is 3.79. The van der Waals surface area contributed by atoms with Crippen molar-refractivity contribution in [2.45, 2.75) is 19.7 Å². The Morgan fingerprint density at radius 2 is 1.75 bits per heavy atom. The predicted octanol–water partition coefficient (Wildman–Crippen LogP) is 5.91. The first kappa shape index (κ1) is 25.0. The van der Waals surface area contributed by atoms with Gasteiger partial charge in [-0.05, 0) is 42.8 Å². The summed E-state index contributed by atoms with van der Waals surface area (Å²) in [5.41, 5.74) is 0.216. The quantitative estimate of drug-likeness (QED) is 0.339. The number of nitrogens with one attached hydrogen (secondary N) is 1. The van der Waals surface area contributed by atoms with E-state index in [1.54, 1.807) is 24.3 Å². The Labute approximate surface area is 208 Å². The number of benzene rings is 3. The van der Waals surface area contributed by atoms with Crippen molar-refractivity contribution in [3.63, 3.8) is 0 Å². The molecule has 0 saturated carbocycles. The molecule has 1 aliphatic rings. The number of hydrogen-bond acceptors (Lipinski definition) is 4. The zero-order valence-corrected chi connectivity index (χ0v) is 19.5. The highest BCUT2D eigenvalue weighted by Crippen LogP contribution is 2.37. The minimum atomic E-state index is -4.74. The van der Waals surface area contributed by atoms with Gasteiger partial charge in [0.15, 0.2) is 0 Å². The molecule has 6 nitrogen and oxygen atoms in total. The molecule has 0 radical (unpaired) electrons. The number of aryl methyl sites for hydroxylation is 1. The Kier molecular flexibility index (Phi) is 6.85. The number of carbonyl (C=O) groups excluding carboxylic acids is 3. The van der Waals surface area contributed by atoms with Gasteiger partial charge in [-0.3, -0.25) is 14.9 Å². The Morgan fingerprint density at radius 3 is 2.47 bits per heavy atom. The molecule has 4 amide bonds. The monoisotopic (exact) mass is 514 g/mol. The average Bonchev–Trinajstić information content (AvgIpc) is 2.81. The van der Waals surface area contributed by atoms with E-state index in [2.05, 4.69) is 0 Å². The van der Waals surface area contributed by atoms with Gasteiger partial charge in [-0.1, -0.05) is 59.6 Å². The predicted molar refractivity (Wildman–Crippen MR) is 127 cm³/mol. The Bertz CT molecular complexity index is 1400. The molecule has 0 aliphatic carbocycles. The normalized spacial score (nSPS) is 15.3. The van der Waals surface area contributed by atoms with Crippen molar-refractivity contribution >= 4 is 41.2 Å². The third-order valence-electron chi connectivity index (χ3n) is 5.31. The highest BCUT2D eigenvalue weighted by molar-refractivity contribution is 6.42. The summed E-state index contributed by atoms with van der Waals surface area (Å²) in [5.74, 6) is -1.77. The van der Waals surface area contributed by atoms with Gasteiger partial charge in [0, 0.05) is 5.56 Å². The van der Waals surface area contributed by atoms with Crippen molar-refractivity contribution in [2.75, 3.05) is 4.90 Å². The van der Waals surface area contributed by atoms with Gasteiger partial charge in [0.25, 0.3) is 11.8 Å².